The van der Waals surface area contributed by atoms with Crippen LogP contribution in [0.5, 0.6) is 0 Å². The molecule has 0 saturated heterocycles. The smallest absolute Gasteiger partial charge is 0.305 e. The molecule has 0 bridgehead atoms. The minimum Gasteiger partial charge on any atom is -0.380 e. The second-order valence-electron chi connectivity index (χ2n) is 4.62. The molecule has 0 saturated carbocycles. The zero-order chi connectivity index (χ0) is 14.5. The predicted octanol–water partition coefficient (Wildman–Crippen LogP) is 1.09. The Kier molecular flexibility index (Phi) is 6.18. The summed E-state index contributed by atoms with van der Waals surface area (Å²) in [6.07, 6.45) is 0.950. The largest absolute Gasteiger partial charge is 0.380 e. The summed E-state index contributed by atoms with van der Waals surface area (Å²) >= 11 is 0.691. The zero-order valence-corrected chi connectivity index (χ0v) is 13.0. The summed E-state index contributed by atoms with van der Waals surface area (Å²) in [6.45, 7) is 6.91. The lowest BCUT2D eigenvalue weighted by molar-refractivity contribution is 0.128. The molecule has 1 rings (SSSR count). The number of sulfonamides is 1. The van der Waals surface area contributed by atoms with Gasteiger partial charge in [0.15, 0.2) is 4.21 Å². The SMILES string of the molecule is Cc1[nH]c(=O)sc1S(=O)(=O)NCCOCCC(C)C. The number of aryl methyl sites for hydroxylation is 1. The highest BCUT2D eigenvalue weighted by atomic mass is 32.2. The molecule has 0 amide bonds. The van der Waals surface area contributed by atoms with Crippen molar-refractivity contribution in [1.29, 1.82) is 0 Å². The second kappa shape index (κ2) is 7.18. The van der Waals surface area contributed by atoms with Crippen LogP contribution in [-0.2, 0) is 14.8 Å². The highest BCUT2D eigenvalue weighted by molar-refractivity contribution is 7.91. The van der Waals surface area contributed by atoms with Gasteiger partial charge in [0.2, 0.25) is 0 Å². The minimum atomic E-state index is -3.62. The summed E-state index contributed by atoms with van der Waals surface area (Å²) in [5, 5.41) is 0. The maximum absolute atomic E-state index is 11.9. The van der Waals surface area contributed by atoms with Gasteiger partial charge in [-0.2, -0.15) is 0 Å². The summed E-state index contributed by atoms with van der Waals surface area (Å²) in [6, 6.07) is 0. The average molecular weight is 308 g/mol. The Labute approximate surface area is 117 Å². The zero-order valence-electron chi connectivity index (χ0n) is 11.4. The maximum atomic E-state index is 11.9. The van der Waals surface area contributed by atoms with Gasteiger partial charge in [0.25, 0.3) is 10.0 Å². The van der Waals surface area contributed by atoms with Gasteiger partial charge < -0.3 is 9.72 Å². The molecule has 8 heteroatoms. The summed E-state index contributed by atoms with van der Waals surface area (Å²) in [4.78, 5) is 13.2. The third-order valence-corrected chi connectivity index (χ3v) is 5.47. The highest BCUT2D eigenvalue weighted by Gasteiger charge is 2.19. The van der Waals surface area contributed by atoms with E-state index in [1.807, 2.05) is 0 Å². The monoisotopic (exact) mass is 308 g/mol. The van der Waals surface area contributed by atoms with E-state index in [1.54, 1.807) is 6.92 Å². The van der Waals surface area contributed by atoms with Crippen LogP contribution in [0.25, 0.3) is 0 Å². The molecule has 0 spiro atoms. The van der Waals surface area contributed by atoms with E-state index in [1.165, 1.54) is 0 Å². The number of hydrogen-bond acceptors (Lipinski definition) is 5. The third-order valence-electron chi connectivity index (χ3n) is 2.40. The summed E-state index contributed by atoms with van der Waals surface area (Å²) in [5.74, 6) is 0.566. The molecular weight excluding hydrogens is 288 g/mol. The van der Waals surface area contributed by atoms with Gasteiger partial charge >= 0.3 is 4.87 Å². The molecular formula is C11H20N2O4S2. The molecule has 0 aromatic carbocycles. The molecule has 1 aromatic rings. The van der Waals surface area contributed by atoms with Crippen LogP contribution >= 0.6 is 11.3 Å². The van der Waals surface area contributed by atoms with Crippen LogP contribution in [0.4, 0.5) is 0 Å². The van der Waals surface area contributed by atoms with E-state index in [0.29, 0.717) is 36.2 Å². The second-order valence-corrected chi connectivity index (χ2v) is 7.57. The number of H-pyrrole nitrogens is 1. The van der Waals surface area contributed by atoms with Gasteiger partial charge in [-0.15, -0.1) is 0 Å². The van der Waals surface area contributed by atoms with Gasteiger partial charge in [-0.05, 0) is 19.3 Å². The Morgan fingerprint density at radius 3 is 2.58 bits per heavy atom. The van der Waals surface area contributed by atoms with Crippen LogP contribution < -0.4 is 9.60 Å². The van der Waals surface area contributed by atoms with Gasteiger partial charge in [-0.1, -0.05) is 25.2 Å². The van der Waals surface area contributed by atoms with Gasteiger partial charge in [0, 0.05) is 18.8 Å². The first-order valence-electron chi connectivity index (χ1n) is 6.10. The molecule has 0 aliphatic rings. The molecule has 0 aliphatic heterocycles. The van der Waals surface area contributed by atoms with Crippen molar-refractivity contribution in [3.05, 3.63) is 15.4 Å². The highest BCUT2D eigenvalue weighted by Crippen LogP contribution is 2.14. The Bertz CT molecular complexity index is 545. The topological polar surface area (TPSA) is 88.3 Å². The van der Waals surface area contributed by atoms with Crippen molar-refractivity contribution in [2.75, 3.05) is 19.8 Å². The van der Waals surface area contributed by atoms with Crippen LogP contribution in [0.1, 0.15) is 26.0 Å². The van der Waals surface area contributed by atoms with Crippen molar-refractivity contribution < 1.29 is 13.2 Å². The molecule has 110 valence electrons. The number of ether oxygens (including phenoxy) is 1. The van der Waals surface area contributed by atoms with Gasteiger partial charge in [0.05, 0.1) is 6.61 Å². The minimum absolute atomic E-state index is 0.0414. The first-order valence-corrected chi connectivity index (χ1v) is 8.40. The van der Waals surface area contributed by atoms with Crippen LogP contribution in [-0.4, -0.2) is 33.2 Å². The lowest BCUT2D eigenvalue weighted by atomic mass is 10.1. The normalized spacial score (nSPS) is 12.2. The Morgan fingerprint density at radius 2 is 2.05 bits per heavy atom. The maximum Gasteiger partial charge on any atom is 0.305 e. The van der Waals surface area contributed by atoms with Crippen LogP contribution in [0.15, 0.2) is 9.00 Å². The first kappa shape index (κ1) is 16.4. The van der Waals surface area contributed by atoms with E-state index >= 15 is 0 Å². The van der Waals surface area contributed by atoms with Crippen LogP contribution in [0.2, 0.25) is 0 Å². The molecule has 0 aliphatic carbocycles. The van der Waals surface area contributed by atoms with Crippen molar-refractivity contribution in [3.63, 3.8) is 0 Å². The molecule has 2 N–H and O–H groups in total. The fourth-order valence-corrected chi connectivity index (χ4v) is 3.74. The number of thiazole rings is 1. The standard InChI is InChI=1S/C11H20N2O4S2/c1-8(2)4-6-17-7-5-12-19(15,16)10-9(3)13-11(14)18-10/h8,12H,4-7H2,1-3H3,(H,13,14). The van der Waals surface area contributed by atoms with Crippen LogP contribution in [0, 0.1) is 12.8 Å². The summed E-state index contributed by atoms with van der Waals surface area (Å²) in [5.41, 5.74) is 0.364. The van der Waals surface area contributed by atoms with Crippen molar-refractivity contribution in [2.24, 2.45) is 5.92 Å². The Morgan fingerprint density at radius 1 is 1.37 bits per heavy atom. The third kappa shape index (κ3) is 5.43. The number of nitrogens with one attached hydrogen (secondary N) is 2. The number of rotatable bonds is 8. The number of hydrogen-bond donors (Lipinski definition) is 2. The van der Waals surface area contributed by atoms with E-state index in [9.17, 15) is 13.2 Å². The van der Waals surface area contributed by atoms with Gasteiger partial charge in [-0.3, -0.25) is 4.79 Å². The van der Waals surface area contributed by atoms with E-state index in [0.717, 1.165) is 6.42 Å². The molecule has 0 radical (unpaired) electrons. The fourth-order valence-electron chi connectivity index (χ4n) is 1.38. The van der Waals surface area contributed by atoms with Crippen molar-refractivity contribution in [2.45, 2.75) is 31.4 Å². The van der Waals surface area contributed by atoms with Gasteiger partial charge in [-0.25, -0.2) is 13.1 Å². The molecule has 0 atom stereocenters. The molecule has 0 fully saturated rings. The van der Waals surface area contributed by atoms with Crippen molar-refractivity contribution >= 4 is 21.4 Å². The van der Waals surface area contributed by atoms with Crippen molar-refractivity contribution in [1.82, 2.24) is 9.71 Å². The van der Waals surface area contributed by atoms with Crippen LogP contribution in [0.3, 0.4) is 0 Å². The summed E-state index contributed by atoms with van der Waals surface area (Å²) in [7, 11) is -3.62. The van der Waals surface area contributed by atoms with E-state index in [-0.39, 0.29) is 15.6 Å². The van der Waals surface area contributed by atoms with E-state index < -0.39 is 10.0 Å². The lowest BCUT2D eigenvalue weighted by Crippen LogP contribution is -2.27. The van der Waals surface area contributed by atoms with Gasteiger partial charge in [0.1, 0.15) is 0 Å². The number of aromatic nitrogens is 1. The first-order chi connectivity index (χ1) is 8.83. The Hall–Kier alpha value is -0.700. The average Bonchev–Trinajstić information content (AvgIpc) is 2.63. The van der Waals surface area contributed by atoms with E-state index in [2.05, 4.69) is 23.6 Å². The molecule has 6 nitrogen and oxygen atoms in total. The molecule has 1 heterocycles. The Balaban J connectivity index is 2.40. The fraction of sp³-hybridized carbons (Fsp3) is 0.727. The quantitative estimate of drug-likeness (QED) is 0.704. The molecule has 0 unspecified atom stereocenters. The predicted molar refractivity (Wildman–Crippen MR) is 75.1 cm³/mol. The lowest BCUT2D eigenvalue weighted by Gasteiger charge is -2.07. The summed E-state index contributed by atoms with van der Waals surface area (Å²) < 4.78 is 31.6. The number of aromatic amines is 1. The van der Waals surface area contributed by atoms with Crippen molar-refractivity contribution in [3.8, 4) is 0 Å². The molecule has 19 heavy (non-hydrogen) atoms. The van der Waals surface area contributed by atoms with E-state index in [4.69, 9.17) is 4.74 Å². The molecule has 1 aromatic heterocycles.